The minimum atomic E-state index is -4.14. The molecule has 0 bridgehead atoms. The van der Waals surface area contributed by atoms with Crippen molar-refractivity contribution in [1.29, 1.82) is 0 Å². The zero-order valence-electron chi connectivity index (χ0n) is 10.3. The lowest BCUT2D eigenvalue weighted by Gasteiger charge is -2.08. The van der Waals surface area contributed by atoms with Crippen molar-refractivity contribution in [2.75, 3.05) is 4.72 Å². The van der Waals surface area contributed by atoms with Gasteiger partial charge in [-0.05, 0) is 19.1 Å². The Morgan fingerprint density at radius 2 is 2.00 bits per heavy atom. The summed E-state index contributed by atoms with van der Waals surface area (Å²) in [5, 5.41) is 13.2. The number of sulfonamides is 1. The molecule has 0 saturated carbocycles. The van der Waals surface area contributed by atoms with Crippen molar-refractivity contribution in [2.45, 2.75) is 11.8 Å². The van der Waals surface area contributed by atoms with Gasteiger partial charge in [-0.15, -0.1) is 0 Å². The summed E-state index contributed by atoms with van der Waals surface area (Å²) in [6.07, 6.45) is 0. The Morgan fingerprint density at radius 3 is 2.53 bits per heavy atom. The van der Waals surface area contributed by atoms with Crippen molar-refractivity contribution >= 4 is 15.7 Å². The first-order valence-corrected chi connectivity index (χ1v) is 6.81. The summed E-state index contributed by atoms with van der Waals surface area (Å²) < 4.78 is 40.9. The molecule has 0 atom stereocenters. The maximum absolute atomic E-state index is 13.7. The van der Waals surface area contributed by atoms with E-state index >= 15 is 0 Å². The first kappa shape index (κ1) is 13.3. The monoisotopic (exact) mass is 285 g/mol. The van der Waals surface area contributed by atoms with Gasteiger partial charge in [0.15, 0.2) is 4.90 Å². The largest absolute Gasteiger partial charge is 0.506 e. The number of para-hydroxylation sites is 2. The van der Waals surface area contributed by atoms with E-state index in [1.165, 1.54) is 26.1 Å². The van der Waals surface area contributed by atoms with Crippen molar-refractivity contribution in [3.05, 3.63) is 35.9 Å². The minimum Gasteiger partial charge on any atom is -0.506 e. The lowest BCUT2D eigenvalue weighted by molar-refractivity contribution is 0.476. The molecule has 0 saturated heterocycles. The van der Waals surface area contributed by atoms with Crippen LogP contribution in [0, 0.1) is 12.9 Å². The molecule has 0 amide bonds. The number of hydrogen-bond acceptors (Lipinski definition) is 4. The summed E-state index contributed by atoms with van der Waals surface area (Å²) in [6, 6.07) is 5.79. The number of nitrogens with one attached hydrogen (secondary N) is 1. The molecule has 0 aliphatic heterocycles. The fourth-order valence-corrected chi connectivity index (χ4v) is 3.02. The highest BCUT2D eigenvalue weighted by Gasteiger charge is 2.27. The Kier molecular flexibility index (Phi) is 3.19. The molecule has 1 aromatic carbocycles. The molecule has 0 aliphatic rings. The third kappa shape index (κ3) is 2.39. The molecule has 0 fully saturated rings. The molecule has 19 heavy (non-hydrogen) atoms. The van der Waals surface area contributed by atoms with Crippen LogP contribution in [-0.2, 0) is 17.1 Å². The number of anilines is 1. The number of aromatic hydroxyl groups is 1. The molecule has 0 radical (unpaired) electrons. The molecule has 2 rings (SSSR count). The van der Waals surface area contributed by atoms with Crippen molar-refractivity contribution in [1.82, 2.24) is 9.78 Å². The highest BCUT2D eigenvalue weighted by molar-refractivity contribution is 7.92. The summed E-state index contributed by atoms with van der Waals surface area (Å²) in [7, 11) is -2.84. The van der Waals surface area contributed by atoms with Crippen LogP contribution in [0.2, 0.25) is 0 Å². The van der Waals surface area contributed by atoms with E-state index in [1.54, 1.807) is 12.1 Å². The summed E-state index contributed by atoms with van der Waals surface area (Å²) in [5.74, 6) is -1.20. The normalized spacial score (nSPS) is 11.5. The third-order valence-electron chi connectivity index (χ3n) is 2.52. The minimum absolute atomic E-state index is 0.0230. The van der Waals surface area contributed by atoms with Gasteiger partial charge in [0, 0.05) is 7.05 Å². The molecule has 6 nitrogen and oxygen atoms in total. The smallest absolute Gasteiger partial charge is 0.268 e. The fraction of sp³-hybridized carbons (Fsp3) is 0.182. The van der Waals surface area contributed by atoms with Crippen molar-refractivity contribution < 1.29 is 17.9 Å². The predicted molar refractivity (Wildman–Crippen MR) is 66.8 cm³/mol. The van der Waals surface area contributed by atoms with Gasteiger partial charge in [-0.2, -0.15) is 9.49 Å². The average Bonchev–Trinajstić information content (AvgIpc) is 2.56. The summed E-state index contributed by atoms with van der Waals surface area (Å²) in [4.78, 5) is -0.529. The van der Waals surface area contributed by atoms with Gasteiger partial charge in [0.05, 0.1) is 11.4 Å². The standard InChI is InChI=1S/C11H12FN3O3S/c1-7-10(11(12)15(2)13-7)19(17,18)14-8-5-3-4-6-9(8)16/h3-6,14,16H,1-2H3. The van der Waals surface area contributed by atoms with Crippen LogP contribution in [0.25, 0.3) is 0 Å². The van der Waals surface area contributed by atoms with Gasteiger partial charge in [-0.1, -0.05) is 12.1 Å². The molecule has 0 spiro atoms. The van der Waals surface area contributed by atoms with E-state index < -0.39 is 20.9 Å². The second-order valence-corrected chi connectivity index (χ2v) is 5.57. The van der Waals surface area contributed by atoms with E-state index in [1.807, 2.05) is 0 Å². The van der Waals surface area contributed by atoms with Gasteiger partial charge in [0.1, 0.15) is 5.75 Å². The topological polar surface area (TPSA) is 84.2 Å². The van der Waals surface area contributed by atoms with E-state index in [2.05, 4.69) is 9.82 Å². The maximum Gasteiger partial charge on any atom is 0.268 e. The van der Waals surface area contributed by atoms with Crippen LogP contribution in [0.3, 0.4) is 0 Å². The SMILES string of the molecule is Cc1nn(C)c(F)c1S(=O)(=O)Nc1ccccc1O. The highest BCUT2D eigenvalue weighted by atomic mass is 32.2. The molecule has 1 heterocycles. The Morgan fingerprint density at radius 1 is 1.37 bits per heavy atom. The summed E-state index contributed by atoms with van der Waals surface area (Å²) in [5.41, 5.74) is 0.0214. The molecular weight excluding hydrogens is 273 g/mol. The Hall–Kier alpha value is -2.09. The first-order chi connectivity index (χ1) is 8.83. The van der Waals surface area contributed by atoms with E-state index in [9.17, 15) is 17.9 Å². The lowest BCUT2D eigenvalue weighted by Crippen LogP contribution is -2.15. The fourth-order valence-electron chi connectivity index (χ4n) is 1.67. The van der Waals surface area contributed by atoms with Crippen LogP contribution in [0.15, 0.2) is 29.2 Å². The van der Waals surface area contributed by atoms with Crippen LogP contribution in [0.1, 0.15) is 5.69 Å². The summed E-state index contributed by atoms with van der Waals surface area (Å²) in [6.45, 7) is 1.39. The predicted octanol–water partition coefficient (Wildman–Crippen LogP) is 1.37. The molecule has 1 aromatic heterocycles. The molecule has 2 aromatic rings. The van der Waals surface area contributed by atoms with Crippen molar-refractivity contribution in [3.8, 4) is 5.75 Å². The van der Waals surface area contributed by atoms with E-state index in [0.29, 0.717) is 0 Å². The maximum atomic E-state index is 13.7. The molecular formula is C11H12FN3O3S. The van der Waals surface area contributed by atoms with Gasteiger partial charge < -0.3 is 5.11 Å². The Labute approximate surface area is 109 Å². The van der Waals surface area contributed by atoms with Crippen molar-refractivity contribution in [3.63, 3.8) is 0 Å². The molecule has 102 valence electrons. The number of aromatic nitrogens is 2. The number of benzene rings is 1. The van der Waals surface area contributed by atoms with Gasteiger partial charge in [-0.3, -0.25) is 4.72 Å². The number of halogens is 1. The van der Waals surface area contributed by atoms with E-state index in [4.69, 9.17) is 0 Å². The highest BCUT2D eigenvalue weighted by Crippen LogP contribution is 2.26. The lowest BCUT2D eigenvalue weighted by atomic mass is 10.3. The zero-order valence-corrected chi connectivity index (χ0v) is 11.1. The van der Waals surface area contributed by atoms with Gasteiger partial charge in [0.25, 0.3) is 10.0 Å². The third-order valence-corrected chi connectivity index (χ3v) is 4.01. The molecule has 8 heteroatoms. The second-order valence-electron chi connectivity index (χ2n) is 3.95. The first-order valence-electron chi connectivity index (χ1n) is 5.33. The van der Waals surface area contributed by atoms with Gasteiger partial charge in [-0.25, -0.2) is 13.1 Å². The number of nitrogens with zero attached hydrogens (tertiary/aromatic N) is 2. The zero-order chi connectivity index (χ0) is 14.2. The van der Waals surface area contributed by atoms with Crippen LogP contribution in [0.5, 0.6) is 5.75 Å². The van der Waals surface area contributed by atoms with E-state index in [0.717, 1.165) is 4.68 Å². The Balaban J connectivity index is 2.47. The van der Waals surface area contributed by atoms with Crippen LogP contribution in [-0.4, -0.2) is 23.3 Å². The van der Waals surface area contributed by atoms with Crippen LogP contribution >= 0.6 is 0 Å². The number of hydrogen-bond donors (Lipinski definition) is 2. The van der Waals surface area contributed by atoms with Crippen LogP contribution in [0.4, 0.5) is 10.1 Å². The number of phenols is 1. The second kappa shape index (κ2) is 4.54. The van der Waals surface area contributed by atoms with Gasteiger partial charge >= 0.3 is 0 Å². The summed E-state index contributed by atoms with van der Waals surface area (Å²) >= 11 is 0. The number of aryl methyl sites for hydroxylation is 2. The Bertz CT molecular complexity index is 725. The number of rotatable bonds is 3. The quantitative estimate of drug-likeness (QED) is 0.834. The van der Waals surface area contributed by atoms with Gasteiger partial charge in [0.2, 0.25) is 5.95 Å². The molecule has 0 aliphatic carbocycles. The average molecular weight is 285 g/mol. The molecule has 2 N–H and O–H groups in total. The van der Waals surface area contributed by atoms with Crippen molar-refractivity contribution in [2.24, 2.45) is 7.05 Å². The van der Waals surface area contributed by atoms with Crippen LogP contribution < -0.4 is 4.72 Å². The van der Waals surface area contributed by atoms with E-state index in [-0.39, 0.29) is 17.1 Å². The molecule has 0 unspecified atom stereocenters. The number of phenolic OH excluding ortho intramolecular Hbond substituents is 1.